The van der Waals surface area contributed by atoms with Crippen molar-refractivity contribution in [3.63, 3.8) is 0 Å². The predicted molar refractivity (Wildman–Crippen MR) is 71.0 cm³/mol. The van der Waals surface area contributed by atoms with Crippen molar-refractivity contribution in [1.29, 1.82) is 0 Å². The van der Waals surface area contributed by atoms with Gasteiger partial charge in [0.1, 0.15) is 0 Å². The number of halogens is 2. The highest BCUT2D eigenvalue weighted by Crippen LogP contribution is 2.36. The average molecular weight is 269 g/mol. The summed E-state index contributed by atoms with van der Waals surface area (Å²) < 4.78 is 33.0. The molecule has 0 bridgehead atoms. The van der Waals surface area contributed by atoms with E-state index in [1.54, 1.807) is 6.07 Å². The minimum absolute atomic E-state index is 0.293. The van der Waals surface area contributed by atoms with Gasteiger partial charge in [0.2, 0.25) is 0 Å². The maximum Gasteiger partial charge on any atom is 0.164 e. The Morgan fingerprint density at radius 3 is 2.95 bits per heavy atom. The van der Waals surface area contributed by atoms with Gasteiger partial charge in [0, 0.05) is 18.2 Å². The van der Waals surface area contributed by atoms with Crippen LogP contribution in [0.5, 0.6) is 0 Å². The van der Waals surface area contributed by atoms with E-state index in [-0.39, 0.29) is 0 Å². The first kappa shape index (κ1) is 14.4. The van der Waals surface area contributed by atoms with Crippen LogP contribution in [0.15, 0.2) is 18.2 Å². The van der Waals surface area contributed by atoms with Gasteiger partial charge in [-0.15, -0.1) is 0 Å². The van der Waals surface area contributed by atoms with Crippen molar-refractivity contribution in [2.45, 2.75) is 44.8 Å². The van der Waals surface area contributed by atoms with E-state index in [1.807, 2.05) is 6.92 Å². The SMILES string of the molecule is CCCNC1CCOC(C)(c2cccc(F)c2F)C1. The topological polar surface area (TPSA) is 21.3 Å². The number of benzene rings is 1. The molecule has 0 aromatic heterocycles. The molecule has 1 saturated heterocycles. The van der Waals surface area contributed by atoms with E-state index in [2.05, 4.69) is 12.2 Å². The molecule has 0 spiro atoms. The second-order valence-corrected chi connectivity index (χ2v) is 5.32. The molecule has 2 unspecified atom stereocenters. The van der Waals surface area contributed by atoms with Crippen LogP contribution in [0.4, 0.5) is 8.78 Å². The summed E-state index contributed by atoms with van der Waals surface area (Å²) in [7, 11) is 0. The van der Waals surface area contributed by atoms with Gasteiger partial charge in [-0.2, -0.15) is 0 Å². The van der Waals surface area contributed by atoms with Crippen LogP contribution < -0.4 is 5.32 Å². The first-order chi connectivity index (χ1) is 9.07. The molecule has 1 aromatic rings. The Balaban J connectivity index is 2.19. The largest absolute Gasteiger partial charge is 0.370 e. The Kier molecular flexibility index (Phi) is 4.53. The van der Waals surface area contributed by atoms with E-state index < -0.39 is 17.2 Å². The van der Waals surface area contributed by atoms with E-state index in [4.69, 9.17) is 4.74 Å². The van der Waals surface area contributed by atoms with Crippen LogP contribution in [0.2, 0.25) is 0 Å². The molecule has 0 amide bonds. The lowest BCUT2D eigenvalue weighted by molar-refractivity contribution is -0.0834. The van der Waals surface area contributed by atoms with Gasteiger partial charge in [-0.05, 0) is 38.8 Å². The lowest BCUT2D eigenvalue weighted by Gasteiger charge is -2.39. The smallest absolute Gasteiger partial charge is 0.164 e. The number of hydrogen-bond acceptors (Lipinski definition) is 2. The Morgan fingerprint density at radius 2 is 2.21 bits per heavy atom. The summed E-state index contributed by atoms with van der Waals surface area (Å²) in [4.78, 5) is 0. The van der Waals surface area contributed by atoms with Crippen LogP contribution in [-0.2, 0) is 10.3 Å². The summed E-state index contributed by atoms with van der Waals surface area (Å²) >= 11 is 0. The van der Waals surface area contributed by atoms with Crippen LogP contribution in [0.1, 0.15) is 38.7 Å². The summed E-state index contributed by atoms with van der Waals surface area (Å²) in [6, 6.07) is 4.57. The molecule has 1 aliphatic heterocycles. The van der Waals surface area contributed by atoms with Crippen molar-refractivity contribution in [2.75, 3.05) is 13.2 Å². The Hall–Kier alpha value is -1.00. The number of nitrogens with one attached hydrogen (secondary N) is 1. The molecule has 2 nitrogen and oxygen atoms in total. The zero-order valence-electron chi connectivity index (χ0n) is 11.5. The number of ether oxygens (including phenoxy) is 1. The Bertz CT molecular complexity index is 438. The summed E-state index contributed by atoms with van der Waals surface area (Å²) in [5.41, 5.74) is -0.439. The van der Waals surface area contributed by atoms with E-state index in [1.165, 1.54) is 6.07 Å². The van der Waals surface area contributed by atoms with E-state index in [0.29, 0.717) is 24.6 Å². The fourth-order valence-electron chi connectivity index (χ4n) is 2.68. The normalized spacial score (nSPS) is 27.5. The summed E-state index contributed by atoms with van der Waals surface area (Å²) in [6.45, 7) is 5.45. The van der Waals surface area contributed by atoms with Crippen LogP contribution in [-0.4, -0.2) is 19.2 Å². The van der Waals surface area contributed by atoms with Crippen LogP contribution in [0.25, 0.3) is 0 Å². The van der Waals surface area contributed by atoms with Crippen LogP contribution in [0.3, 0.4) is 0 Å². The van der Waals surface area contributed by atoms with Crippen molar-refractivity contribution in [1.82, 2.24) is 5.32 Å². The van der Waals surface area contributed by atoms with Crippen LogP contribution in [0, 0.1) is 11.6 Å². The van der Waals surface area contributed by atoms with E-state index in [0.717, 1.165) is 25.5 Å². The minimum atomic E-state index is -0.814. The maximum atomic E-state index is 13.9. The first-order valence-corrected chi connectivity index (χ1v) is 6.88. The molecule has 0 radical (unpaired) electrons. The molecule has 1 aliphatic rings. The Labute approximate surface area is 113 Å². The molecule has 2 atom stereocenters. The van der Waals surface area contributed by atoms with E-state index >= 15 is 0 Å². The summed E-state index contributed by atoms with van der Waals surface area (Å²) in [6.07, 6.45) is 2.63. The van der Waals surface area contributed by atoms with Gasteiger partial charge in [-0.1, -0.05) is 19.1 Å². The third-order valence-corrected chi connectivity index (χ3v) is 3.73. The lowest BCUT2D eigenvalue weighted by Crippen LogP contribution is -2.44. The molecule has 19 heavy (non-hydrogen) atoms. The molecule has 1 N–H and O–H groups in total. The molecule has 1 heterocycles. The third-order valence-electron chi connectivity index (χ3n) is 3.73. The van der Waals surface area contributed by atoms with Gasteiger partial charge in [0.05, 0.1) is 5.60 Å². The van der Waals surface area contributed by atoms with Gasteiger partial charge in [0.25, 0.3) is 0 Å². The van der Waals surface area contributed by atoms with Gasteiger partial charge < -0.3 is 10.1 Å². The monoisotopic (exact) mass is 269 g/mol. The zero-order chi connectivity index (χ0) is 13.9. The Morgan fingerprint density at radius 1 is 1.42 bits per heavy atom. The molecule has 0 aliphatic carbocycles. The second kappa shape index (κ2) is 5.97. The zero-order valence-corrected chi connectivity index (χ0v) is 11.5. The van der Waals surface area contributed by atoms with Crippen molar-refractivity contribution in [2.24, 2.45) is 0 Å². The molecular formula is C15H21F2NO. The standard InChI is InChI=1S/C15H21F2NO/c1-3-8-18-11-7-9-19-15(2,10-11)12-5-4-6-13(16)14(12)17/h4-6,11,18H,3,7-10H2,1-2H3. The van der Waals surface area contributed by atoms with Crippen molar-refractivity contribution >= 4 is 0 Å². The van der Waals surface area contributed by atoms with Crippen molar-refractivity contribution in [3.05, 3.63) is 35.4 Å². The highest BCUT2D eigenvalue weighted by atomic mass is 19.2. The third kappa shape index (κ3) is 3.12. The maximum absolute atomic E-state index is 13.9. The fourth-order valence-corrected chi connectivity index (χ4v) is 2.68. The van der Waals surface area contributed by atoms with Gasteiger partial charge in [-0.3, -0.25) is 0 Å². The summed E-state index contributed by atoms with van der Waals surface area (Å²) in [5, 5.41) is 3.43. The molecule has 1 aromatic carbocycles. The average Bonchev–Trinajstić information content (AvgIpc) is 2.39. The van der Waals surface area contributed by atoms with Gasteiger partial charge in [0.15, 0.2) is 11.6 Å². The predicted octanol–water partition coefficient (Wildman–Crippen LogP) is 3.36. The molecule has 2 rings (SSSR count). The van der Waals surface area contributed by atoms with Crippen LogP contribution >= 0.6 is 0 Å². The van der Waals surface area contributed by atoms with E-state index in [9.17, 15) is 8.78 Å². The van der Waals surface area contributed by atoms with Crippen molar-refractivity contribution < 1.29 is 13.5 Å². The molecule has 1 fully saturated rings. The highest BCUT2D eigenvalue weighted by Gasteiger charge is 2.37. The fraction of sp³-hybridized carbons (Fsp3) is 0.600. The molecule has 0 saturated carbocycles. The highest BCUT2D eigenvalue weighted by molar-refractivity contribution is 5.26. The lowest BCUT2D eigenvalue weighted by atomic mass is 9.85. The van der Waals surface area contributed by atoms with Gasteiger partial charge >= 0.3 is 0 Å². The molecule has 4 heteroatoms. The van der Waals surface area contributed by atoms with Crippen molar-refractivity contribution in [3.8, 4) is 0 Å². The second-order valence-electron chi connectivity index (χ2n) is 5.32. The first-order valence-electron chi connectivity index (χ1n) is 6.88. The number of rotatable bonds is 4. The minimum Gasteiger partial charge on any atom is -0.370 e. The number of hydrogen-bond donors (Lipinski definition) is 1. The molecular weight excluding hydrogens is 248 g/mol. The quantitative estimate of drug-likeness (QED) is 0.905. The van der Waals surface area contributed by atoms with Gasteiger partial charge in [-0.25, -0.2) is 8.78 Å². The summed E-state index contributed by atoms with van der Waals surface area (Å²) in [5.74, 6) is -1.60. The molecule has 106 valence electrons.